The second-order valence-corrected chi connectivity index (χ2v) is 20.9. The fourth-order valence-corrected chi connectivity index (χ4v) is 11.6. The van der Waals surface area contributed by atoms with Gasteiger partial charge in [-0.2, -0.15) is 0 Å². The van der Waals surface area contributed by atoms with Gasteiger partial charge in [-0.3, -0.25) is 0 Å². The van der Waals surface area contributed by atoms with E-state index in [2.05, 4.69) is 142 Å². The normalized spacial score (nSPS) is 14.2. The molecular weight excluding hydrogens is 640 g/mol. The van der Waals surface area contributed by atoms with Gasteiger partial charge < -0.3 is 0 Å². The van der Waals surface area contributed by atoms with Gasteiger partial charge in [-0.25, -0.2) is 4.89 Å². The quantitative estimate of drug-likeness (QED) is 0.210. The van der Waals surface area contributed by atoms with Crippen LogP contribution < -0.4 is 15.9 Å². The van der Waals surface area contributed by atoms with E-state index in [0.717, 1.165) is 0 Å². The molecule has 212 valence electrons. The Morgan fingerprint density at radius 3 is 1.29 bits per heavy atom. The molecule has 1 nitrogen and oxygen atoms in total. The first-order chi connectivity index (χ1) is 17.5. The van der Waals surface area contributed by atoms with Gasteiger partial charge in [0.2, 0.25) is 13.5 Å². The van der Waals surface area contributed by atoms with Gasteiger partial charge in [0.25, 0.3) is 0 Å². The molecule has 0 heterocycles. The van der Waals surface area contributed by atoms with Crippen LogP contribution in [0.3, 0.4) is 0 Å². The fourth-order valence-electron chi connectivity index (χ4n) is 4.79. The monoisotopic (exact) mass is 684 g/mol. The Hall–Kier alpha value is -0.278. The molecule has 38 heavy (non-hydrogen) atoms. The van der Waals surface area contributed by atoms with E-state index in [0.29, 0.717) is 0 Å². The van der Waals surface area contributed by atoms with E-state index in [1.54, 1.807) is 0 Å². The van der Waals surface area contributed by atoms with Crippen molar-refractivity contribution in [2.45, 2.75) is 90.9 Å². The number of rotatable bonds is 5. The van der Waals surface area contributed by atoms with Crippen molar-refractivity contribution in [3.05, 3.63) is 89.5 Å². The molecule has 6 heteroatoms. The van der Waals surface area contributed by atoms with E-state index in [1.807, 2.05) is 0 Å². The van der Waals surface area contributed by atoms with Crippen LogP contribution in [0.4, 0.5) is 0 Å². The third kappa shape index (κ3) is 8.86. The van der Waals surface area contributed by atoms with Gasteiger partial charge >= 0.3 is 35.0 Å². The molecule has 3 aromatic rings. The van der Waals surface area contributed by atoms with Gasteiger partial charge in [0.15, 0.2) is 0 Å². The molecule has 3 aromatic carbocycles. The second kappa shape index (κ2) is 14.1. The summed E-state index contributed by atoms with van der Waals surface area (Å²) in [7, 11) is 6.56. The zero-order valence-electron chi connectivity index (χ0n) is 24.5. The van der Waals surface area contributed by atoms with Crippen LogP contribution in [0.25, 0.3) is 0 Å². The summed E-state index contributed by atoms with van der Waals surface area (Å²) < 4.78 is 0. The average molecular weight is 686 g/mol. The van der Waals surface area contributed by atoms with E-state index in [-0.39, 0.29) is 37.6 Å². The van der Waals surface area contributed by atoms with Crippen LogP contribution in [0.15, 0.2) is 72.8 Å². The molecule has 0 saturated heterocycles. The van der Waals surface area contributed by atoms with E-state index >= 15 is 0 Å². The standard InChI is InChI=1S/C32H44OP2.2ClH.Pd/c1-23(34(25-17-13-11-14-18-25)26-19-15-12-16-20-26)35(33)29-27(31(5,6)7)21-24(30(2,3)4)22-28(29)32(8,9)10;;;/h11-23,33H,1-10H3;2*1H;/q;;;+2. The van der Waals surface area contributed by atoms with Crippen LogP contribution in [0.2, 0.25) is 0 Å². The Labute approximate surface area is 250 Å². The number of hydrogen-bond donors (Lipinski definition) is 1. The van der Waals surface area contributed by atoms with Crippen molar-refractivity contribution < 1.29 is 20.8 Å². The molecule has 0 amide bonds. The molecule has 0 aliphatic heterocycles. The molecule has 0 saturated carbocycles. The Kier molecular flexibility index (Phi) is 12.6. The van der Waals surface area contributed by atoms with Crippen molar-refractivity contribution in [1.29, 1.82) is 0 Å². The molecule has 2 atom stereocenters. The molecule has 0 radical (unpaired) electrons. The molecule has 2 unspecified atom stereocenters. The topological polar surface area (TPSA) is 20.2 Å². The molecule has 0 aromatic heterocycles. The summed E-state index contributed by atoms with van der Waals surface area (Å²) in [6.45, 7) is 23.0. The van der Waals surface area contributed by atoms with Crippen LogP contribution in [0.5, 0.6) is 0 Å². The zero-order valence-corrected chi connectivity index (χ0v) is 29.6. The molecule has 0 bridgehead atoms. The summed E-state index contributed by atoms with van der Waals surface area (Å²) in [5.74, 6) is 0. The SMILES string of the molecule is CC([PH+](O)c1c(C(C)(C)C)cc(C(C)(C)C)cc1C(C)(C)C)[PH+](c1ccccc1)c1ccccc1.[Cl][Pd][Cl]. The Balaban J connectivity index is 0.00000161. The summed E-state index contributed by atoms with van der Waals surface area (Å²) in [6, 6.07) is 26.5. The van der Waals surface area contributed by atoms with Gasteiger partial charge in [0, 0.05) is 18.1 Å². The predicted octanol–water partition coefficient (Wildman–Crippen LogP) is 8.91. The summed E-state index contributed by atoms with van der Waals surface area (Å²) in [6.07, 6.45) is 0. The van der Waals surface area contributed by atoms with Crippen LogP contribution >= 0.6 is 35.1 Å². The molecule has 0 aliphatic rings. The first kappa shape index (κ1) is 33.9. The third-order valence-corrected chi connectivity index (χ3v) is 13.2. The zero-order chi connectivity index (χ0) is 28.9. The van der Waals surface area contributed by atoms with Crippen LogP contribution in [-0.2, 0) is 32.2 Å². The molecule has 1 N–H and O–H groups in total. The Morgan fingerprint density at radius 2 is 1.00 bits per heavy atom. The Morgan fingerprint density at radius 1 is 0.658 bits per heavy atom. The van der Waals surface area contributed by atoms with Crippen molar-refractivity contribution in [3.8, 4) is 0 Å². The van der Waals surface area contributed by atoms with Crippen LogP contribution in [-0.4, -0.2) is 10.3 Å². The van der Waals surface area contributed by atoms with Gasteiger partial charge in [0.1, 0.15) is 23.8 Å². The van der Waals surface area contributed by atoms with Crippen LogP contribution in [0.1, 0.15) is 85.9 Å². The first-order valence-electron chi connectivity index (χ1n) is 13.1. The van der Waals surface area contributed by atoms with E-state index in [1.165, 1.54) is 32.6 Å². The van der Waals surface area contributed by atoms with Crippen molar-refractivity contribution in [2.75, 3.05) is 0 Å². The number of halogens is 2. The van der Waals surface area contributed by atoms with Crippen molar-refractivity contribution in [2.24, 2.45) is 0 Å². The number of benzene rings is 3. The number of hydrogen-bond acceptors (Lipinski definition) is 1. The molecule has 0 fully saturated rings. The van der Waals surface area contributed by atoms with Gasteiger partial charge in [0.05, 0.1) is 0 Å². The summed E-state index contributed by atoms with van der Waals surface area (Å²) in [5.41, 5.74) is 3.94. The van der Waals surface area contributed by atoms with Gasteiger partial charge in [-0.15, -0.1) is 0 Å². The maximum absolute atomic E-state index is 12.4. The average Bonchev–Trinajstić information content (AvgIpc) is 2.83. The van der Waals surface area contributed by atoms with Gasteiger partial charge in [-0.05, 0) is 46.1 Å². The van der Waals surface area contributed by atoms with E-state index in [4.69, 9.17) is 19.1 Å². The third-order valence-electron chi connectivity index (χ3n) is 6.89. The first-order valence-corrected chi connectivity index (χ1v) is 20.2. The summed E-state index contributed by atoms with van der Waals surface area (Å²) >= 11 is -0.106. The maximum atomic E-state index is 12.4. The van der Waals surface area contributed by atoms with Crippen LogP contribution in [0, 0.1) is 0 Å². The minimum absolute atomic E-state index is 0.0511. The van der Waals surface area contributed by atoms with E-state index < -0.39 is 16.1 Å². The molecule has 0 aliphatic carbocycles. The summed E-state index contributed by atoms with van der Waals surface area (Å²) in [5, 5.41) is 4.17. The molecule has 0 spiro atoms. The summed E-state index contributed by atoms with van der Waals surface area (Å²) in [4.78, 5) is 12.4. The molecule has 3 rings (SSSR count). The van der Waals surface area contributed by atoms with E-state index in [9.17, 15) is 4.89 Å². The van der Waals surface area contributed by atoms with Crippen molar-refractivity contribution in [1.82, 2.24) is 0 Å². The fraction of sp³-hybridized carbons (Fsp3) is 0.438. The predicted molar refractivity (Wildman–Crippen MR) is 174 cm³/mol. The van der Waals surface area contributed by atoms with Gasteiger partial charge in [-0.1, -0.05) is 111 Å². The second-order valence-electron chi connectivity index (χ2n) is 13.0. The Bertz CT molecular complexity index is 1080. The van der Waals surface area contributed by atoms with Crippen molar-refractivity contribution >= 4 is 51.0 Å². The molecular formula is C32H46Cl2OP2Pd+2. The van der Waals surface area contributed by atoms with Crippen molar-refractivity contribution in [3.63, 3.8) is 0 Å². The minimum atomic E-state index is -1.88.